The number of sulfonamides is 1. The van der Waals surface area contributed by atoms with Crippen molar-refractivity contribution in [2.75, 3.05) is 20.7 Å². The van der Waals surface area contributed by atoms with Crippen LogP contribution in [0.5, 0.6) is 5.75 Å². The smallest absolute Gasteiger partial charge is 0.341 e. The summed E-state index contributed by atoms with van der Waals surface area (Å²) in [5.41, 5.74) is -0.175. The van der Waals surface area contributed by atoms with E-state index in [2.05, 4.69) is 4.74 Å². The molecule has 0 amide bonds. The number of esters is 1. The van der Waals surface area contributed by atoms with Crippen molar-refractivity contribution >= 4 is 16.0 Å². The van der Waals surface area contributed by atoms with Gasteiger partial charge in [0.15, 0.2) is 0 Å². The Hall–Kier alpha value is -1.60. The Morgan fingerprint density at radius 3 is 2.50 bits per heavy atom. The molecule has 0 aliphatic rings. The van der Waals surface area contributed by atoms with E-state index < -0.39 is 16.0 Å². The van der Waals surface area contributed by atoms with Crippen LogP contribution in [0.3, 0.4) is 0 Å². The number of hydrogen-bond donors (Lipinski definition) is 1. The lowest BCUT2D eigenvalue weighted by Crippen LogP contribution is -2.30. The summed E-state index contributed by atoms with van der Waals surface area (Å²) in [4.78, 5) is 11.4. The minimum absolute atomic E-state index is 0.0566. The molecule has 0 radical (unpaired) electrons. The Balaban J connectivity index is 3.23. The van der Waals surface area contributed by atoms with Crippen LogP contribution in [0.2, 0.25) is 0 Å². The van der Waals surface area contributed by atoms with Gasteiger partial charge in [-0.25, -0.2) is 17.5 Å². The van der Waals surface area contributed by atoms with Gasteiger partial charge in [0.2, 0.25) is 10.0 Å². The van der Waals surface area contributed by atoms with E-state index in [1.807, 2.05) is 13.8 Å². The zero-order chi connectivity index (χ0) is 15.5. The molecular formula is C13H19NO5S. The van der Waals surface area contributed by atoms with Crippen LogP contribution in [0, 0.1) is 5.92 Å². The van der Waals surface area contributed by atoms with Gasteiger partial charge in [0.05, 0.1) is 12.0 Å². The van der Waals surface area contributed by atoms with Crippen LogP contribution in [0.1, 0.15) is 24.2 Å². The summed E-state index contributed by atoms with van der Waals surface area (Å²) in [6.45, 7) is 4.17. The maximum Gasteiger partial charge on any atom is 0.341 e. The molecule has 0 saturated heterocycles. The Bertz CT molecular complexity index is 595. The number of carbonyl (C=O) groups excluding carboxylic acids is 1. The molecule has 0 spiro atoms. The molecular weight excluding hydrogens is 282 g/mol. The van der Waals surface area contributed by atoms with E-state index in [0.29, 0.717) is 6.54 Å². The second kappa shape index (κ2) is 6.23. The van der Waals surface area contributed by atoms with E-state index in [1.54, 1.807) is 0 Å². The summed E-state index contributed by atoms with van der Waals surface area (Å²) in [7, 11) is -1.07. The lowest BCUT2D eigenvalue weighted by molar-refractivity contribution is 0.0597. The van der Waals surface area contributed by atoms with Gasteiger partial charge in [0.1, 0.15) is 11.3 Å². The summed E-state index contributed by atoms with van der Waals surface area (Å²) >= 11 is 0. The monoisotopic (exact) mass is 301 g/mol. The quantitative estimate of drug-likeness (QED) is 0.832. The number of carbonyl (C=O) groups is 1. The lowest BCUT2D eigenvalue weighted by atomic mass is 10.2. The van der Waals surface area contributed by atoms with E-state index in [-0.39, 0.29) is 22.1 Å². The first-order valence-electron chi connectivity index (χ1n) is 6.07. The molecule has 1 N–H and O–H groups in total. The molecule has 1 aromatic carbocycles. The molecule has 1 aromatic rings. The van der Waals surface area contributed by atoms with Gasteiger partial charge >= 0.3 is 5.97 Å². The Kier molecular flexibility index (Phi) is 5.13. The first-order valence-corrected chi connectivity index (χ1v) is 7.51. The van der Waals surface area contributed by atoms with Gasteiger partial charge in [0.25, 0.3) is 0 Å². The van der Waals surface area contributed by atoms with Crippen LogP contribution >= 0.6 is 0 Å². The van der Waals surface area contributed by atoms with Crippen molar-refractivity contribution in [3.63, 3.8) is 0 Å². The molecule has 0 heterocycles. The zero-order valence-corrected chi connectivity index (χ0v) is 12.8. The number of phenolic OH excluding ortho intramolecular Hbond substituents is 1. The maximum atomic E-state index is 12.3. The number of phenols is 1. The maximum absolute atomic E-state index is 12.3. The highest BCUT2D eigenvalue weighted by atomic mass is 32.2. The predicted octanol–water partition coefficient (Wildman–Crippen LogP) is 1.46. The SMILES string of the molecule is COC(=O)c1cc(S(=O)(=O)N(C)CC(C)C)ccc1O. The normalized spacial score (nSPS) is 11.9. The number of hydrogen-bond acceptors (Lipinski definition) is 5. The molecule has 112 valence electrons. The molecule has 0 unspecified atom stereocenters. The molecule has 0 bridgehead atoms. The summed E-state index contributed by atoms with van der Waals surface area (Å²) < 4.78 is 30.4. The zero-order valence-electron chi connectivity index (χ0n) is 12.0. The van der Waals surface area contributed by atoms with Crippen molar-refractivity contribution in [2.45, 2.75) is 18.7 Å². The Morgan fingerprint density at radius 2 is 2.00 bits per heavy atom. The van der Waals surface area contributed by atoms with Gasteiger partial charge in [-0.2, -0.15) is 0 Å². The van der Waals surface area contributed by atoms with E-state index in [9.17, 15) is 18.3 Å². The lowest BCUT2D eigenvalue weighted by Gasteiger charge is -2.19. The average Bonchev–Trinajstić information content (AvgIpc) is 2.37. The van der Waals surface area contributed by atoms with Gasteiger partial charge in [-0.1, -0.05) is 13.8 Å². The van der Waals surface area contributed by atoms with Gasteiger partial charge < -0.3 is 9.84 Å². The largest absolute Gasteiger partial charge is 0.507 e. The fourth-order valence-electron chi connectivity index (χ4n) is 1.74. The summed E-state index contributed by atoms with van der Waals surface area (Å²) in [5, 5.41) is 9.58. The molecule has 0 aliphatic carbocycles. The summed E-state index contributed by atoms with van der Waals surface area (Å²) in [5.74, 6) is -0.930. The Morgan fingerprint density at radius 1 is 1.40 bits per heavy atom. The van der Waals surface area contributed by atoms with E-state index in [1.165, 1.54) is 23.5 Å². The van der Waals surface area contributed by atoms with Crippen LogP contribution in [-0.2, 0) is 14.8 Å². The number of ether oxygens (including phenoxy) is 1. The number of methoxy groups -OCH3 is 1. The predicted molar refractivity (Wildman–Crippen MR) is 74.1 cm³/mol. The van der Waals surface area contributed by atoms with Gasteiger partial charge in [0, 0.05) is 13.6 Å². The third-order valence-electron chi connectivity index (χ3n) is 2.70. The number of nitrogens with zero attached hydrogens (tertiary/aromatic N) is 1. The molecule has 0 saturated carbocycles. The minimum atomic E-state index is -3.70. The molecule has 20 heavy (non-hydrogen) atoms. The number of benzene rings is 1. The molecule has 0 aromatic heterocycles. The molecule has 0 fully saturated rings. The number of rotatable bonds is 5. The average molecular weight is 301 g/mol. The first kappa shape index (κ1) is 16.5. The minimum Gasteiger partial charge on any atom is -0.507 e. The third kappa shape index (κ3) is 3.49. The molecule has 6 nitrogen and oxygen atoms in total. The van der Waals surface area contributed by atoms with Crippen molar-refractivity contribution in [3.05, 3.63) is 23.8 Å². The number of aromatic hydroxyl groups is 1. The fourth-order valence-corrected chi connectivity index (χ4v) is 3.10. The van der Waals surface area contributed by atoms with Crippen molar-refractivity contribution in [2.24, 2.45) is 5.92 Å². The summed E-state index contributed by atoms with van der Waals surface area (Å²) in [6.07, 6.45) is 0. The second-order valence-corrected chi connectivity index (χ2v) is 6.89. The van der Waals surface area contributed by atoms with E-state index in [4.69, 9.17) is 0 Å². The van der Waals surface area contributed by atoms with Crippen molar-refractivity contribution in [3.8, 4) is 5.75 Å². The summed E-state index contributed by atoms with van der Waals surface area (Å²) in [6, 6.07) is 3.55. The molecule has 1 rings (SSSR count). The van der Waals surface area contributed by atoms with Gasteiger partial charge in [-0.3, -0.25) is 0 Å². The standard InChI is InChI=1S/C13H19NO5S/c1-9(2)8-14(3)20(17,18)10-5-6-12(15)11(7-10)13(16)19-4/h5-7,9,15H,8H2,1-4H3. The Labute approximate surface area is 119 Å². The molecule has 7 heteroatoms. The fraction of sp³-hybridized carbons (Fsp3) is 0.462. The van der Waals surface area contributed by atoms with Gasteiger partial charge in [-0.05, 0) is 24.1 Å². The van der Waals surface area contributed by atoms with Crippen LogP contribution in [0.25, 0.3) is 0 Å². The van der Waals surface area contributed by atoms with Crippen LogP contribution in [-0.4, -0.2) is 44.5 Å². The third-order valence-corrected chi connectivity index (χ3v) is 4.52. The van der Waals surface area contributed by atoms with Gasteiger partial charge in [-0.15, -0.1) is 0 Å². The molecule has 0 atom stereocenters. The van der Waals surface area contributed by atoms with E-state index in [0.717, 1.165) is 13.2 Å². The van der Waals surface area contributed by atoms with Crippen LogP contribution in [0.15, 0.2) is 23.1 Å². The van der Waals surface area contributed by atoms with Crippen molar-refractivity contribution < 1.29 is 23.1 Å². The second-order valence-electron chi connectivity index (χ2n) is 4.85. The highest BCUT2D eigenvalue weighted by Gasteiger charge is 2.24. The molecule has 0 aliphatic heterocycles. The first-order chi connectivity index (χ1) is 9.20. The topological polar surface area (TPSA) is 83.9 Å². The van der Waals surface area contributed by atoms with E-state index >= 15 is 0 Å². The highest BCUT2D eigenvalue weighted by molar-refractivity contribution is 7.89. The van der Waals surface area contributed by atoms with Crippen molar-refractivity contribution in [1.82, 2.24) is 4.31 Å². The van der Waals surface area contributed by atoms with Crippen molar-refractivity contribution in [1.29, 1.82) is 0 Å². The van der Waals surface area contributed by atoms with Crippen LogP contribution < -0.4 is 0 Å². The van der Waals surface area contributed by atoms with Crippen LogP contribution in [0.4, 0.5) is 0 Å². The highest BCUT2D eigenvalue weighted by Crippen LogP contribution is 2.24.